The van der Waals surface area contributed by atoms with Crippen LogP contribution in [0.2, 0.25) is 0 Å². The first-order valence-electron chi connectivity index (χ1n) is 6.67. The summed E-state index contributed by atoms with van der Waals surface area (Å²) in [5, 5.41) is 0. The van der Waals surface area contributed by atoms with Crippen LogP contribution in [0.1, 0.15) is 40.0 Å². The van der Waals surface area contributed by atoms with Crippen molar-refractivity contribution in [2.24, 2.45) is 16.6 Å². The summed E-state index contributed by atoms with van der Waals surface area (Å²) in [5.74, 6) is 0.973. The van der Waals surface area contributed by atoms with Crippen LogP contribution in [0.25, 0.3) is 0 Å². The number of nitrogens with zero attached hydrogens (tertiary/aromatic N) is 2. The number of aliphatic imine (C=N–C) groups is 1. The Morgan fingerprint density at radius 1 is 1.50 bits per heavy atom. The number of carbonyl (C=O) groups is 1. The highest BCUT2D eigenvalue weighted by molar-refractivity contribution is 6.05. The Bertz CT molecular complexity index is 330. The number of ether oxygens (including phenoxy) is 1. The predicted molar refractivity (Wildman–Crippen MR) is 72.7 cm³/mol. The van der Waals surface area contributed by atoms with Gasteiger partial charge in [-0.3, -0.25) is 0 Å². The highest BCUT2D eigenvalue weighted by atomic mass is 16.5. The van der Waals surface area contributed by atoms with Crippen molar-refractivity contribution in [1.82, 2.24) is 4.90 Å². The Balaban J connectivity index is 2.95. The van der Waals surface area contributed by atoms with E-state index >= 15 is 0 Å². The zero-order chi connectivity index (χ0) is 13.8. The topological polar surface area (TPSA) is 67.9 Å². The van der Waals surface area contributed by atoms with Gasteiger partial charge < -0.3 is 15.4 Å². The number of amides is 2. The van der Waals surface area contributed by atoms with E-state index in [9.17, 15) is 4.79 Å². The summed E-state index contributed by atoms with van der Waals surface area (Å²) >= 11 is 0. The van der Waals surface area contributed by atoms with Gasteiger partial charge in [0.1, 0.15) is 11.4 Å². The summed E-state index contributed by atoms with van der Waals surface area (Å²) in [6.07, 6.45) is 2.73. The first-order valence-corrected chi connectivity index (χ1v) is 6.67. The molecule has 2 amide bonds. The molecular formula is C13H25N3O2. The highest BCUT2D eigenvalue weighted by Gasteiger charge is 2.47. The van der Waals surface area contributed by atoms with Crippen molar-refractivity contribution in [3.63, 3.8) is 0 Å². The van der Waals surface area contributed by atoms with Crippen LogP contribution in [0, 0.1) is 5.92 Å². The zero-order valence-corrected chi connectivity index (χ0v) is 11.9. The van der Waals surface area contributed by atoms with E-state index in [1.54, 1.807) is 12.0 Å². The fourth-order valence-corrected chi connectivity index (χ4v) is 2.53. The molecule has 0 aromatic heterocycles. The lowest BCUT2D eigenvalue weighted by atomic mass is 9.83. The molecule has 18 heavy (non-hydrogen) atoms. The Hall–Kier alpha value is -1.10. The molecule has 0 bridgehead atoms. The lowest BCUT2D eigenvalue weighted by molar-refractivity contribution is 0.109. The van der Waals surface area contributed by atoms with E-state index in [1.165, 1.54) is 0 Å². The maximum Gasteiger partial charge on any atom is 0.346 e. The molecule has 0 aromatic rings. The minimum atomic E-state index is -0.412. The largest absolute Gasteiger partial charge is 0.385 e. The molecule has 0 aromatic carbocycles. The van der Waals surface area contributed by atoms with Gasteiger partial charge in [-0.2, -0.15) is 4.99 Å². The van der Waals surface area contributed by atoms with Crippen LogP contribution >= 0.6 is 0 Å². The molecule has 0 saturated heterocycles. The van der Waals surface area contributed by atoms with Gasteiger partial charge in [0.05, 0.1) is 6.61 Å². The molecule has 5 heteroatoms. The molecule has 2 N–H and O–H groups in total. The average Bonchev–Trinajstić information content (AvgIpc) is 2.58. The first kappa shape index (κ1) is 15.0. The highest BCUT2D eigenvalue weighted by Crippen LogP contribution is 2.33. The Morgan fingerprint density at radius 3 is 2.67 bits per heavy atom. The van der Waals surface area contributed by atoms with Gasteiger partial charge in [-0.15, -0.1) is 0 Å². The fraction of sp³-hybridized carbons (Fsp3) is 0.846. The van der Waals surface area contributed by atoms with Crippen molar-refractivity contribution >= 4 is 11.9 Å². The van der Waals surface area contributed by atoms with Crippen LogP contribution in [0.3, 0.4) is 0 Å². The smallest absolute Gasteiger partial charge is 0.346 e. The van der Waals surface area contributed by atoms with Gasteiger partial charge in [0.15, 0.2) is 0 Å². The number of hydrogen-bond acceptors (Lipinski definition) is 3. The molecule has 0 spiro atoms. The van der Waals surface area contributed by atoms with E-state index < -0.39 is 5.54 Å². The van der Waals surface area contributed by atoms with Crippen LogP contribution in [0.4, 0.5) is 4.79 Å². The van der Waals surface area contributed by atoms with Crippen molar-refractivity contribution < 1.29 is 9.53 Å². The van der Waals surface area contributed by atoms with Gasteiger partial charge in [0.2, 0.25) is 0 Å². The number of carbonyl (C=O) groups excluding carboxylic acids is 1. The number of hydrogen-bond donors (Lipinski definition) is 1. The molecule has 1 heterocycles. The molecule has 2 unspecified atom stereocenters. The van der Waals surface area contributed by atoms with Gasteiger partial charge >= 0.3 is 6.03 Å². The van der Waals surface area contributed by atoms with Gasteiger partial charge in [-0.25, -0.2) is 4.79 Å². The summed E-state index contributed by atoms with van der Waals surface area (Å²) in [6, 6.07) is -0.227. The first-order chi connectivity index (χ1) is 8.51. The van der Waals surface area contributed by atoms with E-state index in [0.29, 0.717) is 24.9 Å². The summed E-state index contributed by atoms with van der Waals surface area (Å²) in [6.45, 7) is 7.45. The molecule has 1 aliphatic heterocycles. The zero-order valence-electron chi connectivity index (χ0n) is 11.9. The number of rotatable bonds is 7. The Kier molecular flexibility index (Phi) is 5.14. The Labute approximate surface area is 109 Å². The van der Waals surface area contributed by atoms with Crippen LogP contribution in [-0.2, 0) is 4.74 Å². The van der Waals surface area contributed by atoms with Crippen LogP contribution < -0.4 is 5.73 Å². The number of amidine groups is 1. The monoisotopic (exact) mass is 255 g/mol. The summed E-state index contributed by atoms with van der Waals surface area (Å²) in [7, 11) is 1.63. The number of nitrogens with two attached hydrogens (primary N) is 1. The maximum absolute atomic E-state index is 11.9. The summed E-state index contributed by atoms with van der Waals surface area (Å²) in [4.78, 5) is 17.7. The normalized spacial score (nSPS) is 25.4. The van der Waals surface area contributed by atoms with Crippen LogP contribution in [0.15, 0.2) is 4.99 Å². The van der Waals surface area contributed by atoms with Gasteiger partial charge in [0, 0.05) is 13.7 Å². The predicted octanol–water partition coefficient (Wildman–Crippen LogP) is 2.01. The number of urea groups is 1. The van der Waals surface area contributed by atoms with Crippen molar-refractivity contribution in [1.29, 1.82) is 0 Å². The SMILES string of the molecule is CCC(C)CC1(CC)C(N)=NC(=O)N1CCOC. The maximum atomic E-state index is 11.9. The van der Waals surface area contributed by atoms with Crippen molar-refractivity contribution in [2.45, 2.75) is 45.6 Å². The van der Waals surface area contributed by atoms with Crippen molar-refractivity contribution in [3.8, 4) is 0 Å². The van der Waals surface area contributed by atoms with Crippen LogP contribution in [-0.4, -0.2) is 42.6 Å². The minimum absolute atomic E-state index is 0.227. The summed E-state index contributed by atoms with van der Waals surface area (Å²) in [5.41, 5.74) is 5.62. The minimum Gasteiger partial charge on any atom is -0.385 e. The second-order valence-corrected chi connectivity index (χ2v) is 5.03. The molecule has 0 fully saturated rings. The molecule has 0 saturated carbocycles. The third-order valence-corrected chi connectivity index (χ3v) is 3.93. The van der Waals surface area contributed by atoms with Crippen molar-refractivity contribution in [2.75, 3.05) is 20.3 Å². The molecular weight excluding hydrogens is 230 g/mol. The van der Waals surface area contributed by atoms with Gasteiger partial charge in [0.25, 0.3) is 0 Å². The van der Waals surface area contributed by atoms with E-state index in [0.717, 1.165) is 19.3 Å². The molecule has 5 nitrogen and oxygen atoms in total. The van der Waals surface area contributed by atoms with Gasteiger partial charge in [-0.1, -0.05) is 27.2 Å². The molecule has 2 atom stereocenters. The van der Waals surface area contributed by atoms with Crippen molar-refractivity contribution in [3.05, 3.63) is 0 Å². The van der Waals surface area contributed by atoms with E-state index in [2.05, 4.69) is 25.8 Å². The summed E-state index contributed by atoms with van der Waals surface area (Å²) < 4.78 is 5.07. The lowest BCUT2D eigenvalue weighted by Gasteiger charge is -2.39. The molecule has 1 rings (SSSR count). The number of methoxy groups -OCH3 is 1. The van der Waals surface area contributed by atoms with Crippen LogP contribution in [0.5, 0.6) is 0 Å². The molecule has 0 aliphatic carbocycles. The molecule has 0 radical (unpaired) electrons. The third-order valence-electron chi connectivity index (χ3n) is 3.93. The second-order valence-electron chi connectivity index (χ2n) is 5.03. The third kappa shape index (κ3) is 2.66. The lowest BCUT2D eigenvalue weighted by Crippen LogP contribution is -2.55. The molecule has 1 aliphatic rings. The second kappa shape index (κ2) is 6.18. The van der Waals surface area contributed by atoms with E-state index in [1.807, 2.05) is 0 Å². The fourth-order valence-electron chi connectivity index (χ4n) is 2.53. The molecule has 104 valence electrons. The van der Waals surface area contributed by atoms with E-state index in [-0.39, 0.29) is 6.03 Å². The standard InChI is InChI=1S/C13H25N3O2/c1-5-10(3)9-13(6-2)11(14)15-12(17)16(13)7-8-18-4/h10H,5-9H2,1-4H3,(H2,14,15,17). The van der Waals surface area contributed by atoms with Gasteiger partial charge in [-0.05, 0) is 18.8 Å². The average molecular weight is 255 g/mol. The van der Waals surface area contributed by atoms with E-state index in [4.69, 9.17) is 10.5 Å². The Morgan fingerprint density at radius 2 is 2.17 bits per heavy atom. The quantitative estimate of drug-likeness (QED) is 0.756.